The molecule has 39 heavy (non-hydrogen) atoms. The molecule has 4 aromatic rings. The van der Waals surface area contributed by atoms with Gasteiger partial charge in [0.25, 0.3) is 34.4 Å². The maximum absolute atomic E-state index is 12.3. The first-order chi connectivity index (χ1) is 18.6. The third-order valence-corrected chi connectivity index (χ3v) is 4.65. The van der Waals surface area contributed by atoms with E-state index in [1.165, 1.54) is 36.4 Å². The summed E-state index contributed by atoms with van der Waals surface area (Å²) in [7, 11) is 0. The number of hydrogen-bond donors (Lipinski definition) is 3. The predicted octanol–water partition coefficient (Wildman–Crippen LogP) is 4.48. The normalized spacial score (nSPS) is 10.0. The predicted molar refractivity (Wildman–Crippen MR) is 130 cm³/mol. The molecule has 2 aromatic carbocycles. The number of ether oxygens (including phenoxy) is 3. The van der Waals surface area contributed by atoms with Gasteiger partial charge in [-0.3, -0.25) is 9.59 Å². The smallest absolute Gasteiger partial charge is 0.388 e. The van der Waals surface area contributed by atoms with Gasteiger partial charge >= 0.3 is 6.61 Å². The monoisotopic (exact) mass is 576 g/mol. The van der Waals surface area contributed by atoms with Crippen molar-refractivity contribution in [3.05, 3.63) is 90.9 Å². The summed E-state index contributed by atoms with van der Waals surface area (Å²) in [6, 6.07) is 11.9. The fourth-order valence-electron chi connectivity index (χ4n) is 2.71. The lowest BCUT2D eigenvalue weighted by Crippen LogP contribution is -2.14. The number of halogens is 4. The van der Waals surface area contributed by atoms with Crippen LogP contribution in [-0.2, 0) is 0 Å². The fraction of sp³-hybridized carbons (Fsp3) is 0.0435. The van der Waals surface area contributed by atoms with Crippen LogP contribution in [0.5, 0.6) is 34.8 Å². The van der Waals surface area contributed by atoms with Gasteiger partial charge in [0.15, 0.2) is 0 Å². The molecule has 4 rings (SSSR count). The number of hydrogen-bond acceptors (Lipinski definition) is 10. The largest absolute Gasteiger partial charge is 0.490 e. The molecule has 0 spiro atoms. The molecule has 0 atom stereocenters. The van der Waals surface area contributed by atoms with Crippen molar-refractivity contribution < 1.29 is 28.1 Å². The Morgan fingerprint density at radius 2 is 1.31 bits per heavy atom. The third-order valence-electron chi connectivity index (χ3n) is 4.21. The van der Waals surface area contributed by atoms with Gasteiger partial charge in [0.1, 0.15) is 11.5 Å². The van der Waals surface area contributed by atoms with Gasteiger partial charge in [-0.25, -0.2) is 9.97 Å². The highest BCUT2D eigenvalue weighted by Gasteiger charge is 2.17. The molecule has 12 nitrogen and oxygen atoms in total. The van der Waals surface area contributed by atoms with E-state index in [0.717, 1.165) is 12.7 Å². The van der Waals surface area contributed by atoms with Gasteiger partial charge in [-0.1, -0.05) is 23.2 Å². The van der Waals surface area contributed by atoms with Crippen molar-refractivity contribution >= 4 is 23.2 Å². The molecule has 0 unspecified atom stereocenters. The van der Waals surface area contributed by atoms with Gasteiger partial charge in [-0.15, -0.1) is 0 Å². The maximum atomic E-state index is 12.3. The lowest BCUT2D eigenvalue weighted by atomic mass is 10.2. The summed E-state index contributed by atoms with van der Waals surface area (Å²) in [6.07, 6.45) is 1.94. The number of alkyl halides is 2. The zero-order valence-corrected chi connectivity index (χ0v) is 20.5. The van der Waals surface area contributed by atoms with E-state index in [9.17, 15) is 23.5 Å². The van der Waals surface area contributed by atoms with E-state index in [1.807, 2.05) is 12.1 Å². The number of benzene rings is 2. The van der Waals surface area contributed by atoms with E-state index in [4.69, 9.17) is 43.2 Å². The van der Waals surface area contributed by atoms with Gasteiger partial charge in [-0.05, 0) is 36.4 Å². The molecule has 0 aliphatic carbocycles. The Morgan fingerprint density at radius 3 is 1.79 bits per heavy atom. The number of nitriles is 2. The second-order valence-electron chi connectivity index (χ2n) is 6.91. The van der Waals surface area contributed by atoms with Crippen LogP contribution in [0.4, 0.5) is 8.78 Å². The highest BCUT2D eigenvalue weighted by molar-refractivity contribution is 6.31. The third kappa shape index (κ3) is 7.90. The molecule has 0 saturated carbocycles. The molecule has 0 saturated heterocycles. The average Bonchev–Trinajstić information content (AvgIpc) is 2.88. The second-order valence-corrected chi connectivity index (χ2v) is 7.78. The molecule has 0 bridgehead atoms. The number of aromatic nitrogens is 4. The van der Waals surface area contributed by atoms with Crippen molar-refractivity contribution in [2.75, 3.05) is 0 Å². The Bertz CT molecular complexity index is 1700. The minimum absolute atomic E-state index is 0.0108. The Morgan fingerprint density at radius 1 is 0.821 bits per heavy atom. The zero-order chi connectivity index (χ0) is 28.5. The van der Waals surface area contributed by atoms with Crippen LogP contribution in [0.15, 0.2) is 58.6 Å². The van der Waals surface area contributed by atoms with Crippen LogP contribution in [0.25, 0.3) is 0 Å². The first kappa shape index (κ1) is 28.4. The summed E-state index contributed by atoms with van der Waals surface area (Å²) in [4.78, 5) is 34.4. The minimum atomic E-state index is -3.17. The van der Waals surface area contributed by atoms with Crippen LogP contribution in [0.2, 0.25) is 10.0 Å². The molecule has 3 N–H and O–H groups in total. The van der Waals surface area contributed by atoms with Crippen LogP contribution in [0, 0.1) is 22.7 Å². The molecule has 0 amide bonds. The van der Waals surface area contributed by atoms with Gasteiger partial charge < -0.3 is 29.3 Å². The Kier molecular flexibility index (Phi) is 9.37. The number of aromatic hydroxyl groups is 1. The second kappa shape index (κ2) is 12.9. The topological polar surface area (TPSA) is 187 Å². The molecule has 2 heterocycles. The first-order valence-electron chi connectivity index (χ1n) is 10.2. The summed E-state index contributed by atoms with van der Waals surface area (Å²) < 4.78 is 39.0. The van der Waals surface area contributed by atoms with Crippen LogP contribution >= 0.6 is 23.2 Å². The molecular formula is C23H12Cl2F2N6O6. The van der Waals surface area contributed by atoms with Gasteiger partial charge in [0.2, 0.25) is 0 Å². The first-order valence-corrected chi connectivity index (χ1v) is 10.9. The lowest BCUT2D eigenvalue weighted by molar-refractivity contribution is -0.0542. The number of rotatable bonds is 6. The molecular weight excluding hydrogens is 565 g/mol. The minimum Gasteiger partial charge on any atom is -0.490 e. The van der Waals surface area contributed by atoms with Crippen molar-refractivity contribution in [3.8, 4) is 46.9 Å². The van der Waals surface area contributed by atoms with Gasteiger partial charge in [0, 0.05) is 10.0 Å². The summed E-state index contributed by atoms with van der Waals surface area (Å²) in [5.41, 5.74) is -1.01. The molecule has 0 aliphatic rings. The van der Waals surface area contributed by atoms with Gasteiger partial charge in [-0.2, -0.15) is 19.3 Å². The van der Waals surface area contributed by atoms with Crippen molar-refractivity contribution in [1.82, 2.24) is 19.9 Å². The van der Waals surface area contributed by atoms with Gasteiger partial charge in [0.05, 0.1) is 35.9 Å². The van der Waals surface area contributed by atoms with Crippen LogP contribution in [0.3, 0.4) is 0 Å². The lowest BCUT2D eigenvalue weighted by Gasteiger charge is -2.09. The Balaban J connectivity index is 0.000000218. The zero-order valence-electron chi connectivity index (χ0n) is 19.0. The number of H-pyrrole nitrogens is 2. The Hall–Kier alpha value is -5.18. The number of aromatic amines is 2. The summed E-state index contributed by atoms with van der Waals surface area (Å²) in [5.74, 6) is -1.97. The van der Waals surface area contributed by atoms with Crippen molar-refractivity contribution in [1.29, 1.82) is 10.5 Å². The van der Waals surface area contributed by atoms with Crippen LogP contribution < -0.4 is 25.3 Å². The number of nitrogens with one attached hydrogen (secondary N) is 2. The average molecular weight is 577 g/mol. The van der Waals surface area contributed by atoms with Crippen LogP contribution in [0.1, 0.15) is 11.1 Å². The Labute approximate surface area is 226 Å². The molecule has 16 heteroatoms. The number of nitrogens with zero attached hydrogens (tertiary/aromatic N) is 4. The van der Waals surface area contributed by atoms with Crippen molar-refractivity contribution in [2.45, 2.75) is 6.61 Å². The standard InChI is InChI=1S/C12H6ClF2N3O3.C11H6ClN3O3/c13-7-1-6(4-16)2-8(3-7)20-9-10(19)17-5-18-11(9)21-12(14)15;12-7-1-6(4-13)2-8(3-7)18-9-10(16)14-5-15-11(9)17/h1-3,5,12H,(H,17,18,19);1-3,5H,(H2,14,15,16,17). The summed E-state index contributed by atoms with van der Waals surface area (Å²) >= 11 is 11.6. The SMILES string of the molecule is N#Cc1cc(Cl)cc(Oc2c(O)nc[nH]c2=O)c1.N#Cc1cc(Cl)cc(Oc2c(OC(F)F)nc[nH]c2=O)c1. The van der Waals surface area contributed by atoms with E-state index in [0.29, 0.717) is 0 Å². The van der Waals surface area contributed by atoms with Crippen molar-refractivity contribution in [2.24, 2.45) is 0 Å². The highest BCUT2D eigenvalue weighted by Crippen LogP contribution is 2.30. The van der Waals surface area contributed by atoms with E-state index < -0.39 is 35.2 Å². The van der Waals surface area contributed by atoms with E-state index >= 15 is 0 Å². The molecule has 0 fully saturated rings. The maximum Gasteiger partial charge on any atom is 0.388 e. The van der Waals surface area contributed by atoms with E-state index in [1.54, 1.807) is 0 Å². The summed E-state index contributed by atoms with van der Waals surface area (Å²) in [6.45, 7) is -3.17. The molecule has 198 valence electrons. The fourth-order valence-corrected chi connectivity index (χ4v) is 3.16. The molecule has 0 aliphatic heterocycles. The van der Waals surface area contributed by atoms with E-state index in [-0.39, 0.29) is 38.4 Å². The summed E-state index contributed by atoms with van der Waals surface area (Å²) in [5, 5.41) is 27.4. The van der Waals surface area contributed by atoms with E-state index in [2.05, 4.69) is 24.7 Å². The quantitative estimate of drug-likeness (QED) is 0.295. The van der Waals surface area contributed by atoms with Crippen molar-refractivity contribution in [3.63, 3.8) is 0 Å². The molecule has 2 aromatic heterocycles. The highest BCUT2D eigenvalue weighted by atomic mass is 35.5. The van der Waals surface area contributed by atoms with Crippen LogP contribution in [-0.4, -0.2) is 31.7 Å². The molecule has 0 radical (unpaired) electrons.